The summed E-state index contributed by atoms with van der Waals surface area (Å²) in [5.41, 5.74) is 8.08. The van der Waals surface area contributed by atoms with Gasteiger partial charge in [0.05, 0.1) is 13.2 Å². The van der Waals surface area contributed by atoms with Crippen LogP contribution in [0.25, 0.3) is 5.76 Å². The highest BCUT2D eigenvalue weighted by molar-refractivity contribution is 5.65. The van der Waals surface area contributed by atoms with Crippen LogP contribution in [0.3, 0.4) is 0 Å². The number of hydrogen-bond acceptors (Lipinski definition) is 5. The predicted octanol–water partition coefficient (Wildman–Crippen LogP) is 13.0. The molecule has 5 heteroatoms. The Morgan fingerprint density at radius 2 is 1.34 bits per heavy atom. The van der Waals surface area contributed by atoms with Crippen LogP contribution >= 0.6 is 0 Å². The van der Waals surface area contributed by atoms with Crippen LogP contribution in [0.2, 0.25) is 0 Å². The van der Waals surface area contributed by atoms with Gasteiger partial charge in [-0.05, 0) is 59.1 Å². The fourth-order valence-corrected chi connectivity index (χ4v) is 5.68. The maximum Gasteiger partial charge on any atom is 0.519 e. The number of aryl methyl sites for hydroxylation is 3. The largest absolute Gasteiger partial charge is 0.519 e. The van der Waals surface area contributed by atoms with Crippen LogP contribution in [0, 0.1) is 29.1 Å². The molecule has 1 unspecified atom stereocenters. The minimum atomic E-state index is -0.605. The Kier molecular flexibility index (Phi) is 17.3. The van der Waals surface area contributed by atoms with Crippen LogP contribution in [0.1, 0.15) is 157 Å². The number of rotatable bonds is 1. The van der Waals surface area contributed by atoms with Crippen molar-refractivity contribution in [2.75, 3.05) is 13.2 Å². The van der Waals surface area contributed by atoms with Crippen molar-refractivity contribution in [1.29, 1.82) is 0 Å². The van der Waals surface area contributed by atoms with Crippen molar-refractivity contribution >= 4 is 5.76 Å². The maximum atomic E-state index is 10.7. The molecule has 6 rings (SSSR count). The molecule has 0 saturated carbocycles. The standard InChI is InChI=1S/C13H16O.C13H18.C9H14O3.C7H14O.3CH4/c1-9-10-7-5-6-8-11(10)12(14-9)13(2,3)4;1-13(2,3)12-8-7-10-5-4-6-11(10)9-12;1-6-7(5-9(2,3)4)12-8(10)11-6;1-7(2,3)6-4-8-5-6;;;/h5-8,12H,1H2,2-4H3;7-9H,4-6H2,1-3H3;5H2,1-4H3;6H,4-5H2,1-3H3;3*1H4. The first kappa shape index (κ1) is 47.0. The first-order chi connectivity index (χ1) is 21.6. The molecule has 3 aliphatic rings. The van der Waals surface area contributed by atoms with Gasteiger partial charge in [0.1, 0.15) is 23.4 Å². The lowest BCUT2D eigenvalue weighted by atomic mass is 9.80. The van der Waals surface area contributed by atoms with Gasteiger partial charge < -0.3 is 18.3 Å². The van der Waals surface area contributed by atoms with E-state index < -0.39 is 5.82 Å². The van der Waals surface area contributed by atoms with Gasteiger partial charge in [0.15, 0.2) is 0 Å². The van der Waals surface area contributed by atoms with Crippen LogP contribution in [0.5, 0.6) is 0 Å². The average Bonchev–Trinajstić information content (AvgIpc) is 3.58. The van der Waals surface area contributed by atoms with Crippen molar-refractivity contribution in [3.05, 3.63) is 99.0 Å². The summed E-state index contributed by atoms with van der Waals surface area (Å²) in [6, 6.07) is 15.3. The van der Waals surface area contributed by atoms with Crippen molar-refractivity contribution in [2.45, 2.75) is 149 Å². The molecule has 1 fully saturated rings. The van der Waals surface area contributed by atoms with Crippen molar-refractivity contribution in [1.82, 2.24) is 0 Å². The first-order valence-corrected chi connectivity index (χ1v) is 17.3. The summed E-state index contributed by atoms with van der Waals surface area (Å²) in [5.74, 6) is 2.26. The molecule has 3 heterocycles. The smallest absolute Gasteiger partial charge is 0.485 e. The molecule has 2 aliphatic heterocycles. The van der Waals surface area contributed by atoms with E-state index in [0.29, 0.717) is 22.4 Å². The number of ether oxygens (including phenoxy) is 2. The molecule has 0 spiro atoms. The molecular weight excluding hydrogens is 620 g/mol. The second kappa shape index (κ2) is 18.4. The number of fused-ring (bicyclic) bond motifs is 2. The Balaban J connectivity index is 0.000000638. The zero-order valence-corrected chi connectivity index (χ0v) is 31.7. The monoisotopic (exact) mass is 695 g/mol. The fraction of sp³-hybridized carbons (Fsp3) is 0.622. The second-order valence-electron chi connectivity index (χ2n) is 17.7. The van der Waals surface area contributed by atoms with E-state index in [1.54, 1.807) is 18.1 Å². The SMILES string of the molecule is C.C.C.C=C1OC(C(C)(C)C)c2ccccc21.CC(C)(C)C1COC1.CC(C)(C)c1ccc2c(c1)CCC2.Cc1oc(=O)oc1CC(C)(C)C. The van der Waals surface area contributed by atoms with E-state index in [1.807, 2.05) is 6.07 Å². The average molecular weight is 695 g/mol. The van der Waals surface area contributed by atoms with Crippen LogP contribution in [0.15, 0.2) is 62.7 Å². The summed E-state index contributed by atoms with van der Waals surface area (Å²) in [6.45, 7) is 34.1. The van der Waals surface area contributed by atoms with E-state index in [9.17, 15) is 4.79 Å². The van der Waals surface area contributed by atoms with Gasteiger partial charge in [0.2, 0.25) is 0 Å². The number of benzene rings is 2. The zero-order chi connectivity index (χ0) is 35.4. The van der Waals surface area contributed by atoms with E-state index in [0.717, 1.165) is 36.9 Å². The lowest BCUT2D eigenvalue weighted by molar-refractivity contribution is -0.0821. The Morgan fingerprint density at radius 1 is 0.760 bits per heavy atom. The molecule has 0 bridgehead atoms. The van der Waals surface area contributed by atoms with E-state index in [4.69, 9.17) is 18.3 Å². The highest BCUT2D eigenvalue weighted by Gasteiger charge is 2.35. The van der Waals surface area contributed by atoms with Gasteiger partial charge in [-0.2, -0.15) is 0 Å². The normalized spacial score (nSPS) is 16.4. The van der Waals surface area contributed by atoms with E-state index in [2.05, 4.69) is 126 Å². The molecule has 0 amide bonds. The summed E-state index contributed by atoms with van der Waals surface area (Å²) < 4.78 is 20.5. The number of hydrogen-bond donors (Lipinski definition) is 0. The van der Waals surface area contributed by atoms with Crippen molar-refractivity contribution < 1.29 is 18.3 Å². The minimum Gasteiger partial charge on any atom is -0.485 e. The molecule has 2 aromatic carbocycles. The van der Waals surface area contributed by atoms with Gasteiger partial charge in [-0.15, -0.1) is 0 Å². The second-order valence-corrected chi connectivity index (χ2v) is 17.7. The lowest BCUT2D eigenvalue weighted by Crippen LogP contribution is -2.37. The first-order valence-electron chi connectivity index (χ1n) is 17.3. The van der Waals surface area contributed by atoms with E-state index in [-0.39, 0.29) is 39.2 Å². The molecule has 1 atom stereocenters. The zero-order valence-electron chi connectivity index (χ0n) is 31.7. The third kappa shape index (κ3) is 13.6. The van der Waals surface area contributed by atoms with Gasteiger partial charge in [0, 0.05) is 28.9 Å². The molecule has 284 valence electrons. The molecule has 50 heavy (non-hydrogen) atoms. The molecule has 0 radical (unpaired) electrons. The Hall–Kier alpha value is -3.05. The van der Waals surface area contributed by atoms with Gasteiger partial charge in [-0.1, -0.05) is 154 Å². The van der Waals surface area contributed by atoms with Crippen LogP contribution in [-0.4, -0.2) is 13.2 Å². The van der Waals surface area contributed by atoms with E-state index >= 15 is 0 Å². The van der Waals surface area contributed by atoms with Crippen LogP contribution in [0.4, 0.5) is 0 Å². The Bertz CT molecular complexity index is 1520. The quantitative estimate of drug-likeness (QED) is 0.254. The summed E-state index contributed by atoms with van der Waals surface area (Å²) in [4.78, 5) is 10.7. The van der Waals surface area contributed by atoms with Gasteiger partial charge in [0.25, 0.3) is 0 Å². The van der Waals surface area contributed by atoms with Gasteiger partial charge in [-0.3, -0.25) is 0 Å². The summed E-state index contributed by atoms with van der Waals surface area (Å²) in [5, 5.41) is 0. The molecule has 3 aromatic rings. The van der Waals surface area contributed by atoms with Crippen LogP contribution in [-0.2, 0) is 34.2 Å². The van der Waals surface area contributed by atoms with Crippen molar-refractivity contribution in [3.8, 4) is 0 Å². The van der Waals surface area contributed by atoms with Gasteiger partial charge >= 0.3 is 5.82 Å². The molecule has 1 saturated heterocycles. The molecular formula is C45H74O5. The van der Waals surface area contributed by atoms with Crippen molar-refractivity contribution in [2.24, 2.45) is 22.2 Å². The molecule has 5 nitrogen and oxygen atoms in total. The maximum absolute atomic E-state index is 10.7. The lowest BCUT2D eigenvalue weighted by Gasteiger charge is -2.37. The fourth-order valence-electron chi connectivity index (χ4n) is 5.68. The highest BCUT2D eigenvalue weighted by Crippen LogP contribution is 2.46. The van der Waals surface area contributed by atoms with Gasteiger partial charge in [-0.25, -0.2) is 4.79 Å². The van der Waals surface area contributed by atoms with E-state index in [1.165, 1.54) is 30.4 Å². The highest BCUT2D eigenvalue weighted by atomic mass is 16.6. The molecule has 0 N–H and O–H groups in total. The predicted molar refractivity (Wildman–Crippen MR) is 215 cm³/mol. The summed E-state index contributed by atoms with van der Waals surface area (Å²) in [7, 11) is 0. The molecule has 1 aromatic heterocycles. The van der Waals surface area contributed by atoms with Crippen molar-refractivity contribution in [3.63, 3.8) is 0 Å². The summed E-state index contributed by atoms with van der Waals surface area (Å²) >= 11 is 0. The summed E-state index contributed by atoms with van der Waals surface area (Å²) in [6.07, 6.45) is 4.80. The topological polar surface area (TPSA) is 61.8 Å². The third-order valence-electron chi connectivity index (χ3n) is 8.94. The Labute approximate surface area is 307 Å². The van der Waals surface area contributed by atoms with Crippen LogP contribution < -0.4 is 5.82 Å². The Morgan fingerprint density at radius 3 is 1.78 bits per heavy atom. The minimum absolute atomic E-state index is 0. The molecule has 1 aliphatic carbocycles. The third-order valence-corrected chi connectivity index (χ3v) is 8.94.